The van der Waals surface area contributed by atoms with Gasteiger partial charge in [0.1, 0.15) is 18.5 Å². The Balaban J connectivity index is 2.10. The molecule has 2 amide bonds. The molecule has 2 N–H and O–H groups in total. The number of carbonyl (C=O) groups excluding carboxylic acids is 1. The van der Waals surface area contributed by atoms with E-state index in [9.17, 15) is 4.79 Å². The molecular weight excluding hydrogens is 318 g/mol. The van der Waals surface area contributed by atoms with Gasteiger partial charge in [-0.2, -0.15) is 10.2 Å². The molecule has 2 heterocycles. The van der Waals surface area contributed by atoms with Crippen LogP contribution in [-0.2, 0) is 17.5 Å². The van der Waals surface area contributed by atoms with Crippen LogP contribution in [0.2, 0.25) is 0 Å². The van der Waals surface area contributed by atoms with Gasteiger partial charge in [0.15, 0.2) is 0 Å². The van der Waals surface area contributed by atoms with E-state index in [1.54, 1.807) is 11.0 Å². The van der Waals surface area contributed by atoms with Crippen LogP contribution < -0.4 is 10.6 Å². The number of urea groups is 1. The lowest BCUT2D eigenvalue weighted by molar-refractivity contribution is 0.247. The summed E-state index contributed by atoms with van der Waals surface area (Å²) in [6.45, 7) is 15.0. The van der Waals surface area contributed by atoms with Crippen molar-refractivity contribution in [3.63, 3.8) is 0 Å². The van der Waals surface area contributed by atoms with Crippen LogP contribution in [0.4, 0.5) is 10.6 Å². The van der Waals surface area contributed by atoms with Gasteiger partial charge < -0.3 is 5.32 Å². The molecular formula is C17H29N7O. The van der Waals surface area contributed by atoms with E-state index in [-0.39, 0.29) is 23.0 Å². The molecule has 0 saturated heterocycles. The van der Waals surface area contributed by atoms with Crippen molar-refractivity contribution in [2.24, 2.45) is 0 Å². The topological polar surface area (TPSA) is 89.7 Å². The Morgan fingerprint density at radius 1 is 1.24 bits per heavy atom. The van der Waals surface area contributed by atoms with Gasteiger partial charge >= 0.3 is 6.03 Å². The zero-order valence-electron chi connectivity index (χ0n) is 16.2. The van der Waals surface area contributed by atoms with Crippen LogP contribution in [-0.4, -0.2) is 36.6 Å². The van der Waals surface area contributed by atoms with Gasteiger partial charge in [-0.3, -0.25) is 10.00 Å². The maximum absolute atomic E-state index is 12.4. The van der Waals surface area contributed by atoms with Gasteiger partial charge in [0.25, 0.3) is 0 Å². The number of rotatable bonds is 4. The number of amides is 2. The monoisotopic (exact) mass is 347 g/mol. The lowest BCUT2D eigenvalue weighted by atomic mass is 9.92. The van der Waals surface area contributed by atoms with E-state index in [2.05, 4.69) is 62.3 Å². The summed E-state index contributed by atoms with van der Waals surface area (Å²) in [5, 5.41) is 14.6. The average molecular weight is 347 g/mol. The minimum atomic E-state index is -0.265. The Morgan fingerprint density at radius 3 is 2.44 bits per heavy atom. The number of carbonyl (C=O) groups is 1. The molecule has 2 aromatic rings. The van der Waals surface area contributed by atoms with Gasteiger partial charge in [0.2, 0.25) is 0 Å². The molecule has 0 aromatic carbocycles. The van der Waals surface area contributed by atoms with E-state index in [4.69, 9.17) is 5.10 Å². The summed E-state index contributed by atoms with van der Waals surface area (Å²) in [5.41, 5.74) is 0.607. The molecule has 8 heteroatoms. The van der Waals surface area contributed by atoms with E-state index in [1.165, 1.54) is 6.33 Å². The first-order valence-electron chi connectivity index (χ1n) is 8.48. The average Bonchev–Trinajstić information content (AvgIpc) is 3.05. The predicted octanol–water partition coefficient (Wildman–Crippen LogP) is 2.74. The SMILES string of the molecule is C[C@@H](Cn1cncn1)NC(=O)Nc1cc(C(C)(C)C)nn1C(C)(C)C. The second-order valence-electron chi connectivity index (χ2n) is 8.36. The highest BCUT2D eigenvalue weighted by molar-refractivity contribution is 5.88. The van der Waals surface area contributed by atoms with Crippen LogP contribution in [0.25, 0.3) is 0 Å². The fraction of sp³-hybridized carbons (Fsp3) is 0.647. The maximum atomic E-state index is 12.4. The molecule has 2 rings (SSSR count). The first kappa shape index (κ1) is 19.0. The minimum absolute atomic E-state index is 0.0882. The predicted molar refractivity (Wildman–Crippen MR) is 97.6 cm³/mol. The zero-order valence-corrected chi connectivity index (χ0v) is 16.2. The van der Waals surface area contributed by atoms with Crippen LogP contribution in [0, 0.1) is 0 Å². The molecule has 0 radical (unpaired) electrons. The summed E-state index contributed by atoms with van der Waals surface area (Å²) in [5.74, 6) is 0.683. The number of hydrogen-bond donors (Lipinski definition) is 2. The standard InChI is InChI=1S/C17H29N7O/c1-12(9-23-11-18-10-19-23)20-15(25)21-14-8-13(16(2,3)4)22-24(14)17(5,6)7/h8,10-12H,9H2,1-7H3,(H2,20,21,25)/t12-/m0/s1. The fourth-order valence-electron chi connectivity index (χ4n) is 2.38. The Morgan fingerprint density at radius 2 is 1.92 bits per heavy atom. The largest absolute Gasteiger partial charge is 0.334 e. The second kappa shape index (κ2) is 6.85. The van der Waals surface area contributed by atoms with Crippen molar-refractivity contribution in [1.29, 1.82) is 0 Å². The van der Waals surface area contributed by atoms with Gasteiger partial charge in [-0.05, 0) is 27.7 Å². The summed E-state index contributed by atoms with van der Waals surface area (Å²) in [6.07, 6.45) is 3.10. The first-order valence-corrected chi connectivity index (χ1v) is 8.48. The van der Waals surface area contributed by atoms with Crippen molar-refractivity contribution in [2.45, 2.75) is 72.0 Å². The molecule has 0 aliphatic carbocycles. The highest BCUT2D eigenvalue weighted by Gasteiger charge is 2.25. The molecule has 138 valence electrons. The van der Waals surface area contributed by atoms with Crippen LogP contribution in [0.15, 0.2) is 18.7 Å². The van der Waals surface area contributed by atoms with Gasteiger partial charge in [-0.1, -0.05) is 20.8 Å². The van der Waals surface area contributed by atoms with Crippen molar-refractivity contribution in [3.05, 3.63) is 24.4 Å². The Kier molecular flexibility index (Phi) is 5.20. The van der Waals surface area contributed by atoms with Crippen LogP contribution >= 0.6 is 0 Å². The van der Waals surface area contributed by atoms with Gasteiger partial charge in [0.05, 0.1) is 17.8 Å². The molecule has 0 fully saturated rings. The minimum Gasteiger partial charge on any atom is -0.334 e. The summed E-state index contributed by atoms with van der Waals surface area (Å²) < 4.78 is 3.54. The smallest absolute Gasteiger partial charge is 0.320 e. The molecule has 0 bridgehead atoms. The number of nitrogens with one attached hydrogen (secondary N) is 2. The number of anilines is 1. The van der Waals surface area contributed by atoms with Gasteiger partial charge in [0, 0.05) is 17.5 Å². The molecule has 0 unspecified atom stereocenters. The number of nitrogens with zero attached hydrogens (tertiary/aromatic N) is 5. The van der Waals surface area contributed by atoms with Crippen molar-refractivity contribution < 1.29 is 4.79 Å². The molecule has 0 spiro atoms. The summed E-state index contributed by atoms with van der Waals surface area (Å²) in [7, 11) is 0. The molecule has 0 aliphatic heterocycles. The summed E-state index contributed by atoms with van der Waals surface area (Å²) >= 11 is 0. The summed E-state index contributed by atoms with van der Waals surface area (Å²) in [4.78, 5) is 16.3. The fourth-order valence-corrected chi connectivity index (χ4v) is 2.38. The third kappa shape index (κ3) is 5.04. The van der Waals surface area contributed by atoms with Crippen LogP contribution in [0.3, 0.4) is 0 Å². The lowest BCUT2D eigenvalue weighted by Gasteiger charge is -2.23. The zero-order chi connectivity index (χ0) is 18.8. The molecule has 1 atom stereocenters. The third-order valence-corrected chi connectivity index (χ3v) is 3.66. The second-order valence-corrected chi connectivity index (χ2v) is 8.36. The van der Waals surface area contributed by atoms with E-state index >= 15 is 0 Å². The molecule has 0 saturated carbocycles. The molecule has 2 aromatic heterocycles. The quantitative estimate of drug-likeness (QED) is 0.890. The highest BCUT2D eigenvalue weighted by Crippen LogP contribution is 2.28. The Labute approximate surface area is 149 Å². The molecule has 25 heavy (non-hydrogen) atoms. The van der Waals surface area contributed by atoms with E-state index in [0.717, 1.165) is 5.69 Å². The van der Waals surface area contributed by atoms with Crippen molar-refractivity contribution >= 4 is 11.8 Å². The van der Waals surface area contributed by atoms with Crippen LogP contribution in [0.1, 0.15) is 54.2 Å². The van der Waals surface area contributed by atoms with Gasteiger partial charge in [-0.25, -0.2) is 14.5 Å². The van der Waals surface area contributed by atoms with Crippen molar-refractivity contribution in [1.82, 2.24) is 29.9 Å². The number of hydrogen-bond acceptors (Lipinski definition) is 4. The van der Waals surface area contributed by atoms with Crippen molar-refractivity contribution in [3.8, 4) is 0 Å². The van der Waals surface area contributed by atoms with E-state index < -0.39 is 0 Å². The third-order valence-electron chi connectivity index (χ3n) is 3.66. The number of aromatic nitrogens is 5. The lowest BCUT2D eigenvalue weighted by Crippen LogP contribution is -2.39. The normalized spacial score (nSPS) is 13.6. The Hall–Kier alpha value is -2.38. The molecule has 8 nitrogen and oxygen atoms in total. The molecule has 0 aliphatic rings. The van der Waals surface area contributed by atoms with Crippen molar-refractivity contribution in [2.75, 3.05) is 5.32 Å². The first-order chi connectivity index (χ1) is 11.5. The highest BCUT2D eigenvalue weighted by atomic mass is 16.2. The van der Waals surface area contributed by atoms with Gasteiger partial charge in [-0.15, -0.1) is 0 Å². The van der Waals surface area contributed by atoms with Crippen LogP contribution in [0.5, 0.6) is 0 Å². The maximum Gasteiger partial charge on any atom is 0.320 e. The Bertz CT molecular complexity index is 704. The van der Waals surface area contributed by atoms with E-state index in [1.807, 2.05) is 17.7 Å². The summed E-state index contributed by atoms with van der Waals surface area (Å²) in [6, 6.07) is 1.58. The van der Waals surface area contributed by atoms with E-state index in [0.29, 0.717) is 12.4 Å².